The van der Waals surface area contributed by atoms with E-state index in [1.165, 1.54) is 20.1 Å². The molecule has 0 bridgehead atoms. The first-order chi connectivity index (χ1) is 9.43. The van der Waals surface area contributed by atoms with Crippen molar-refractivity contribution in [2.45, 2.75) is 13.0 Å². The summed E-state index contributed by atoms with van der Waals surface area (Å²) in [6.45, 7) is 1.45. The van der Waals surface area contributed by atoms with Crippen molar-refractivity contribution in [3.8, 4) is 5.75 Å². The van der Waals surface area contributed by atoms with Crippen LogP contribution in [0.3, 0.4) is 0 Å². The van der Waals surface area contributed by atoms with Crippen LogP contribution in [0, 0.1) is 18.6 Å². The molecule has 0 saturated heterocycles. The van der Waals surface area contributed by atoms with Crippen LogP contribution in [0.15, 0.2) is 30.3 Å². The minimum Gasteiger partial charge on any atom is -0.496 e. The van der Waals surface area contributed by atoms with Gasteiger partial charge >= 0.3 is 0 Å². The molecule has 106 valence electrons. The fraction of sp³-hybridized carbons (Fsp3) is 0.200. The topological polar surface area (TPSA) is 29.5 Å². The van der Waals surface area contributed by atoms with E-state index in [2.05, 4.69) is 0 Å². The number of ether oxygens (including phenoxy) is 1. The zero-order valence-corrected chi connectivity index (χ0v) is 11.7. The number of hydrogen-bond acceptors (Lipinski definition) is 2. The molecule has 1 N–H and O–H groups in total. The van der Waals surface area contributed by atoms with E-state index in [1.54, 1.807) is 12.1 Å². The smallest absolute Gasteiger partial charge is 0.129 e. The molecule has 0 spiro atoms. The quantitative estimate of drug-likeness (QED) is 0.927. The van der Waals surface area contributed by atoms with Gasteiger partial charge in [0.1, 0.15) is 23.5 Å². The Bertz CT molecular complexity index is 644. The van der Waals surface area contributed by atoms with Crippen molar-refractivity contribution in [2.75, 3.05) is 7.11 Å². The van der Waals surface area contributed by atoms with E-state index in [-0.39, 0.29) is 16.7 Å². The molecule has 2 aromatic rings. The molecule has 0 aliphatic heterocycles. The molecule has 0 heterocycles. The zero-order chi connectivity index (χ0) is 14.9. The van der Waals surface area contributed by atoms with Gasteiger partial charge in [-0.2, -0.15) is 0 Å². The predicted octanol–water partition coefficient (Wildman–Crippen LogP) is 4.02. The van der Waals surface area contributed by atoms with Crippen LogP contribution in [0.4, 0.5) is 8.78 Å². The summed E-state index contributed by atoms with van der Waals surface area (Å²) in [4.78, 5) is 0. The first-order valence-electron chi connectivity index (χ1n) is 5.91. The second-order valence-electron chi connectivity index (χ2n) is 4.41. The van der Waals surface area contributed by atoms with Crippen LogP contribution in [-0.2, 0) is 0 Å². The lowest BCUT2D eigenvalue weighted by Gasteiger charge is -2.16. The average Bonchev–Trinajstić information content (AvgIpc) is 2.42. The van der Waals surface area contributed by atoms with Gasteiger partial charge in [0.2, 0.25) is 0 Å². The molecule has 2 nitrogen and oxygen atoms in total. The van der Waals surface area contributed by atoms with E-state index in [9.17, 15) is 13.9 Å². The first kappa shape index (κ1) is 14.8. The van der Waals surface area contributed by atoms with Crippen LogP contribution >= 0.6 is 11.6 Å². The van der Waals surface area contributed by atoms with Gasteiger partial charge in [0.15, 0.2) is 0 Å². The fourth-order valence-corrected chi connectivity index (χ4v) is 2.14. The highest BCUT2D eigenvalue weighted by Crippen LogP contribution is 2.33. The SMILES string of the molecule is COc1ccc(Cl)cc1C(O)c1cc(F)c(C)cc1F. The van der Waals surface area contributed by atoms with Crippen molar-refractivity contribution < 1.29 is 18.6 Å². The Labute approximate surface area is 120 Å². The molecule has 0 aromatic heterocycles. The number of aliphatic hydroxyl groups excluding tert-OH is 1. The molecule has 0 amide bonds. The number of halogens is 3. The van der Waals surface area contributed by atoms with Gasteiger partial charge in [-0.3, -0.25) is 0 Å². The third-order valence-corrected chi connectivity index (χ3v) is 3.29. The molecule has 1 unspecified atom stereocenters. The van der Waals surface area contributed by atoms with Crippen LogP contribution < -0.4 is 4.74 Å². The van der Waals surface area contributed by atoms with Gasteiger partial charge in [-0.15, -0.1) is 0 Å². The molecular weight excluding hydrogens is 286 g/mol. The highest BCUT2D eigenvalue weighted by atomic mass is 35.5. The summed E-state index contributed by atoms with van der Waals surface area (Å²) < 4.78 is 32.6. The third kappa shape index (κ3) is 2.76. The van der Waals surface area contributed by atoms with Gasteiger partial charge in [-0.05, 0) is 42.8 Å². The Morgan fingerprint density at radius 1 is 1.10 bits per heavy atom. The van der Waals surface area contributed by atoms with E-state index in [0.717, 1.165) is 12.1 Å². The lowest BCUT2D eigenvalue weighted by Crippen LogP contribution is -2.06. The van der Waals surface area contributed by atoms with Gasteiger partial charge in [0.25, 0.3) is 0 Å². The minimum absolute atomic E-state index is 0.159. The Morgan fingerprint density at radius 3 is 2.45 bits per heavy atom. The lowest BCUT2D eigenvalue weighted by atomic mass is 9.99. The van der Waals surface area contributed by atoms with Gasteiger partial charge in [-0.25, -0.2) is 8.78 Å². The zero-order valence-electron chi connectivity index (χ0n) is 11.0. The van der Waals surface area contributed by atoms with Crippen molar-refractivity contribution in [1.82, 2.24) is 0 Å². The molecule has 1 atom stereocenters. The number of hydrogen-bond donors (Lipinski definition) is 1. The number of benzene rings is 2. The van der Waals surface area contributed by atoms with Gasteiger partial charge in [0, 0.05) is 16.1 Å². The second kappa shape index (κ2) is 5.77. The molecule has 0 aliphatic carbocycles. The van der Waals surface area contributed by atoms with Crippen LogP contribution in [0.2, 0.25) is 5.02 Å². The van der Waals surface area contributed by atoms with Crippen molar-refractivity contribution in [1.29, 1.82) is 0 Å². The maximum atomic E-state index is 13.9. The van der Waals surface area contributed by atoms with Crippen LogP contribution in [0.5, 0.6) is 5.75 Å². The first-order valence-corrected chi connectivity index (χ1v) is 6.29. The lowest BCUT2D eigenvalue weighted by molar-refractivity contribution is 0.209. The normalized spacial score (nSPS) is 12.3. The predicted molar refractivity (Wildman–Crippen MR) is 73.2 cm³/mol. The number of aryl methyl sites for hydroxylation is 1. The number of rotatable bonds is 3. The summed E-state index contributed by atoms with van der Waals surface area (Å²) in [5, 5.41) is 10.6. The van der Waals surface area contributed by atoms with Crippen molar-refractivity contribution in [2.24, 2.45) is 0 Å². The van der Waals surface area contributed by atoms with E-state index < -0.39 is 17.7 Å². The molecule has 0 aliphatic rings. The van der Waals surface area contributed by atoms with Crippen molar-refractivity contribution >= 4 is 11.6 Å². The van der Waals surface area contributed by atoms with E-state index >= 15 is 0 Å². The third-order valence-electron chi connectivity index (χ3n) is 3.06. The standard InChI is InChI=1S/C15H13ClF2O2/c1-8-5-13(18)10(7-12(8)17)15(19)11-6-9(16)3-4-14(11)20-2/h3-7,15,19H,1-2H3. The van der Waals surface area contributed by atoms with E-state index in [0.29, 0.717) is 10.8 Å². The maximum absolute atomic E-state index is 13.9. The Balaban J connectivity index is 2.54. The molecule has 0 radical (unpaired) electrons. The molecule has 2 aromatic carbocycles. The fourth-order valence-electron chi connectivity index (χ4n) is 1.96. The summed E-state index contributed by atoms with van der Waals surface area (Å²) in [6, 6.07) is 6.63. The summed E-state index contributed by atoms with van der Waals surface area (Å²) in [5.41, 5.74) is 0.298. The van der Waals surface area contributed by atoms with Crippen molar-refractivity contribution in [3.63, 3.8) is 0 Å². The minimum atomic E-state index is -1.36. The Kier molecular flexibility index (Phi) is 4.26. The van der Waals surface area contributed by atoms with Crippen LogP contribution in [-0.4, -0.2) is 12.2 Å². The Hall–Kier alpha value is -1.65. The van der Waals surface area contributed by atoms with Gasteiger partial charge in [-0.1, -0.05) is 11.6 Å². The summed E-state index contributed by atoms with van der Waals surface area (Å²) in [7, 11) is 1.42. The molecule has 0 fully saturated rings. The van der Waals surface area contributed by atoms with Crippen LogP contribution in [0.1, 0.15) is 22.8 Å². The van der Waals surface area contributed by atoms with E-state index in [4.69, 9.17) is 16.3 Å². The molecule has 20 heavy (non-hydrogen) atoms. The second-order valence-corrected chi connectivity index (χ2v) is 4.85. The van der Waals surface area contributed by atoms with Gasteiger partial charge < -0.3 is 9.84 Å². The number of methoxy groups -OCH3 is 1. The Morgan fingerprint density at radius 2 is 1.80 bits per heavy atom. The largest absolute Gasteiger partial charge is 0.496 e. The van der Waals surface area contributed by atoms with Crippen molar-refractivity contribution in [3.05, 3.63) is 63.7 Å². The average molecular weight is 299 g/mol. The maximum Gasteiger partial charge on any atom is 0.129 e. The monoisotopic (exact) mass is 298 g/mol. The molecular formula is C15H13ClF2O2. The highest BCUT2D eigenvalue weighted by molar-refractivity contribution is 6.30. The summed E-state index contributed by atoms with van der Waals surface area (Å²) in [6.07, 6.45) is -1.36. The molecule has 0 saturated carbocycles. The van der Waals surface area contributed by atoms with E-state index in [1.807, 2.05) is 0 Å². The summed E-state index contributed by atoms with van der Waals surface area (Å²) >= 11 is 5.87. The molecule has 5 heteroatoms. The van der Waals surface area contributed by atoms with Gasteiger partial charge in [0.05, 0.1) is 7.11 Å². The number of aliphatic hydroxyl groups is 1. The summed E-state index contributed by atoms with van der Waals surface area (Å²) in [5.74, 6) is -0.915. The molecule has 2 rings (SSSR count). The highest BCUT2D eigenvalue weighted by Gasteiger charge is 2.21. The van der Waals surface area contributed by atoms with Crippen LogP contribution in [0.25, 0.3) is 0 Å².